The first-order valence-electron chi connectivity index (χ1n) is 10.5. The van der Waals surface area contributed by atoms with E-state index in [1.165, 1.54) is 5.69 Å². The predicted molar refractivity (Wildman–Crippen MR) is 119 cm³/mol. The summed E-state index contributed by atoms with van der Waals surface area (Å²) in [5.74, 6) is 2.80. The van der Waals surface area contributed by atoms with Gasteiger partial charge in [0.2, 0.25) is 0 Å². The fraction of sp³-hybridized carbons (Fsp3) is 0.409. The highest BCUT2D eigenvalue weighted by Crippen LogP contribution is 2.22. The molecule has 1 aliphatic heterocycles. The van der Waals surface area contributed by atoms with Gasteiger partial charge in [0.1, 0.15) is 11.6 Å². The highest BCUT2D eigenvalue weighted by molar-refractivity contribution is 5.80. The molecule has 0 unspecified atom stereocenters. The maximum absolute atomic E-state index is 5.36. The first-order chi connectivity index (χ1) is 14.8. The van der Waals surface area contributed by atoms with Crippen molar-refractivity contribution in [1.29, 1.82) is 0 Å². The number of pyridine rings is 1. The van der Waals surface area contributed by atoms with E-state index < -0.39 is 0 Å². The van der Waals surface area contributed by atoms with E-state index in [0.717, 1.165) is 62.3 Å². The van der Waals surface area contributed by atoms with Gasteiger partial charge in [-0.05, 0) is 31.2 Å². The predicted octanol–water partition coefficient (Wildman–Crippen LogP) is 2.07. The molecule has 1 N–H and O–H groups in total. The van der Waals surface area contributed by atoms with E-state index in [1.54, 1.807) is 7.11 Å². The van der Waals surface area contributed by atoms with Crippen LogP contribution >= 0.6 is 0 Å². The van der Waals surface area contributed by atoms with Crippen molar-refractivity contribution in [1.82, 2.24) is 24.8 Å². The zero-order valence-electron chi connectivity index (χ0n) is 17.7. The minimum Gasteiger partial charge on any atom is -0.497 e. The molecule has 1 aromatic carbocycles. The van der Waals surface area contributed by atoms with Crippen LogP contribution in [0.25, 0.3) is 5.65 Å². The Morgan fingerprint density at radius 1 is 1.10 bits per heavy atom. The van der Waals surface area contributed by atoms with Crippen LogP contribution in [0.4, 0.5) is 5.69 Å². The van der Waals surface area contributed by atoms with Crippen molar-refractivity contribution < 1.29 is 4.74 Å². The lowest BCUT2D eigenvalue weighted by Crippen LogP contribution is -2.52. The number of anilines is 1. The van der Waals surface area contributed by atoms with Gasteiger partial charge in [-0.15, -0.1) is 10.2 Å². The van der Waals surface area contributed by atoms with Gasteiger partial charge >= 0.3 is 0 Å². The molecule has 2 aromatic heterocycles. The van der Waals surface area contributed by atoms with Gasteiger partial charge < -0.3 is 19.9 Å². The van der Waals surface area contributed by atoms with Crippen molar-refractivity contribution >= 4 is 17.3 Å². The Bertz CT molecular complexity index is 992. The molecule has 0 saturated carbocycles. The number of aliphatic imine (C=N–C) groups is 1. The summed E-state index contributed by atoms with van der Waals surface area (Å²) in [6.07, 6.45) is 2.75. The molecule has 0 radical (unpaired) electrons. The third kappa shape index (κ3) is 4.48. The first kappa shape index (κ1) is 20.0. The highest BCUT2D eigenvalue weighted by Gasteiger charge is 2.20. The number of rotatable bonds is 6. The SMILES string of the molecule is CCNC(=NCCc1nnc2ccccn12)N1CCN(c2cccc(OC)c2)CC1. The number of nitrogens with zero attached hydrogens (tertiary/aromatic N) is 6. The van der Waals surface area contributed by atoms with Gasteiger partial charge in [0.05, 0.1) is 7.11 Å². The fourth-order valence-electron chi connectivity index (χ4n) is 3.73. The minimum absolute atomic E-state index is 0.675. The maximum Gasteiger partial charge on any atom is 0.194 e. The van der Waals surface area contributed by atoms with Crippen LogP contribution in [0.2, 0.25) is 0 Å². The standard InChI is InChI=1S/C22H29N7O/c1-3-23-22(24-11-10-21-26-25-20-9-4-5-12-29(20)21)28-15-13-27(14-16-28)18-7-6-8-19(17-18)30-2/h4-9,12,17H,3,10-11,13-16H2,1-2H3,(H,23,24). The molecule has 0 bridgehead atoms. The lowest BCUT2D eigenvalue weighted by molar-refractivity contribution is 0.372. The first-order valence-corrected chi connectivity index (χ1v) is 10.5. The molecule has 1 aliphatic rings. The van der Waals surface area contributed by atoms with Gasteiger partial charge in [0.15, 0.2) is 11.6 Å². The Labute approximate surface area is 177 Å². The molecule has 3 aromatic rings. The largest absolute Gasteiger partial charge is 0.497 e. The van der Waals surface area contributed by atoms with E-state index in [4.69, 9.17) is 9.73 Å². The number of nitrogens with one attached hydrogen (secondary N) is 1. The van der Waals surface area contributed by atoms with Gasteiger partial charge in [-0.25, -0.2) is 0 Å². The summed E-state index contributed by atoms with van der Waals surface area (Å²) < 4.78 is 7.38. The van der Waals surface area contributed by atoms with Crippen LogP contribution in [0.3, 0.4) is 0 Å². The molecule has 30 heavy (non-hydrogen) atoms. The number of methoxy groups -OCH3 is 1. The van der Waals surface area contributed by atoms with Gasteiger partial charge in [-0.2, -0.15) is 0 Å². The van der Waals surface area contributed by atoms with Crippen molar-refractivity contribution in [3.8, 4) is 5.75 Å². The van der Waals surface area contributed by atoms with Crippen molar-refractivity contribution in [2.75, 3.05) is 51.3 Å². The molecule has 158 valence electrons. The van der Waals surface area contributed by atoms with Gasteiger partial charge in [-0.3, -0.25) is 9.39 Å². The summed E-state index contributed by atoms with van der Waals surface area (Å²) in [6, 6.07) is 14.2. The number of fused-ring (bicyclic) bond motifs is 1. The average molecular weight is 408 g/mol. The second-order valence-corrected chi connectivity index (χ2v) is 7.21. The lowest BCUT2D eigenvalue weighted by Gasteiger charge is -2.37. The number of benzene rings is 1. The summed E-state index contributed by atoms with van der Waals surface area (Å²) in [5, 5.41) is 12.0. The van der Waals surface area contributed by atoms with E-state index in [0.29, 0.717) is 6.54 Å². The molecule has 1 saturated heterocycles. The molecule has 1 fully saturated rings. The van der Waals surface area contributed by atoms with E-state index >= 15 is 0 Å². The number of guanidine groups is 1. The number of ether oxygens (including phenoxy) is 1. The van der Waals surface area contributed by atoms with E-state index in [9.17, 15) is 0 Å². The molecule has 0 amide bonds. The van der Waals surface area contributed by atoms with E-state index in [2.05, 4.69) is 44.4 Å². The number of piperazine rings is 1. The van der Waals surface area contributed by atoms with Crippen LogP contribution < -0.4 is 15.0 Å². The zero-order valence-corrected chi connectivity index (χ0v) is 17.7. The Morgan fingerprint density at radius 2 is 1.97 bits per heavy atom. The van der Waals surface area contributed by atoms with Gasteiger partial charge in [0.25, 0.3) is 0 Å². The monoisotopic (exact) mass is 407 g/mol. The third-order valence-corrected chi connectivity index (χ3v) is 5.31. The Balaban J connectivity index is 1.37. The summed E-state index contributed by atoms with van der Waals surface area (Å²) >= 11 is 0. The van der Waals surface area contributed by atoms with Gasteiger partial charge in [0, 0.05) is 63.6 Å². The molecule has 8 nitrogen and oxygen atoms in total. The number of hydrogen-bond acceptors (Lipinski definition) is 5. The van der Waals surface area contributed by atoms with E-state index in [-0.39, 0.29) is 0 Å². The van der Waals surface area contributed by atoms with E-state index in [1.807, 2.05) is 40.9 Å². The molecule has 0 spiro atoms. The molecule has 8 heteroatoms. The summed E-state index contributed by atoms with van der Waals surface area (Å²) in [7, 11) is 1.71. The molecular weight excluding hydrogens is 378 g/mol. The zero-order chi connectivity index (χ0) is 20.8. The summed E-state index contributed by atoms with van der Waals surface area (Å²) in [5.41, 5.74) is 2.08. The molecule has 0 aliphatic carbocycles. The quantitative estimate of drug-likeness (QED) is 0.498. The number of hydrogen-bond donors (Lipinski definition) is 1. The Morgan fingerprint density at radius 3 is 2.77 bits per heavy atom. The summed E-state index contributed by atoms with van der Waals surface area (Å²) in [6.45, 7) is 7.39. The molecule has 3 heterocycles. The van der Waals surface area contributed by atoms with Crippen LogP contribution in [0, 0.1) is 0 Å². The minimum atomic E-state index is 0.675. The average Bonchev–Trinajstić information content (AvgIpc) is 3.22. The molecule has 0 atom stereocenters. The van der Waals surface area contributed by atoms with Gasteiger partial charge in [-0.1, -0.05) is 12.1 Å². The van der Waals surface area contributed by atoms with Crippen molar-refractivity contribution in [3.05, 3.63) is 54.5 Å². The van der Waals surface area contributed by atoms with Crippen molar-refractivity contribution in [2.45, 2.75) is 13.3 Å². The molecule has 4 rings (SSSR count). The van der Waals surface area contributed by atoms with Crippen LogP contribution in [-0.2, 0) is 6.42 Å². The fourth-order valence-corrected chi connectivity index (χ4v) is 3.73. The Hall–Kier alpha value is -3.29. The van der Waals surface area contributed by atoms with Crippen molar-refractivity contribution in [3.63, 3.8) is 0 Å². The Kier molecular flexibility index (Phi) is 6.32. The van der Waals surface area contributed by atoms with Crippen LogP contribution in [0.15, 0.2) is 53.7 Å². The molecular formula is C22H29N7O. The lowest BCUT2D eigenvalue weighted by atomic mass is 10.2. The van der Waals surface area contributed by atoms with Crippen LogP contribution in [0.5, 0.6) is 5.75 Å². The topological polar surface area (TPSA) is 70.3 Å². The second-order valence-electron chi connectivity index (χ2n) is 7.21. The van der Waals surface area contributed by atoms with Crippen LogP contribution in [0.1, 0.15) is 12.7 Å². The normalized spacial score (nSPS) is 14.9. The third-order valence-electron chi connectivity index (χ3n) is 5.31. The summed E-state index contributed by atoms with van der Waals surface area (Å²) in [4.78, 5) is 9.58. The maximum atomic E-state index is 5.36. The van der Waals surface area contributed by atoms with Crippen LogP contribution in [-0.4, -0.2) is 71.8 Å². The second kappa shape index (κ2) is 9.47. The smallest absolute Gasteiger partial charge is 0.194 e. The highest BCUT2D eigenvalue weighted by atomic mass is 16.5. The number of aromatic nitrogens is 3. The van der Waals surface area contributed by atoms with Crippen molar-refractivity contribution in [2.24, 2.45) is 4.99 Å².